The molecule has 2 aliphatic heterocycles. The first-order valence-electron chi connectivity index (χ1n) is 9.65. The van der Waals surface area contributed by atoms with Crippen molar-refractivity contribution in [1.82, 2.24) is 14.7 Å². The summed E-state index contributed by atoms with van der Waals surface area (Å²) in [5, 5.41) is 4.00. The number of fused-ring (bicyclic) bond motifs is 1. The number of aromatic nitrogens is 2. The quantitative estimate of drug-likeness (QED) is 0.784. The highest BCUT2D eigenvalue weighted by atomic mass is 19.4. The monoisotopic (exact) mass is 408 g/mol. The molecule has 9 heteroatoms. The van der Waals surface area contributed by atoms with E-state index in [1.807, 2.05) is 30.3 Å². The lowest BCUT2D eigenvalue weighted by atomic mass is 10.1. The first kappa shape index (κ1) is 19.9. The van der Waals surface area contributed by atoms with Gasteiger partial charge in [-0.15, -0.1) is 0 Å². The molecule has 1 aromatic heterocycles. The van der Waals surface area contributed by atoms with Crippen LogP contribution in [0.4, 0.5) is 19.0 Å². The van der Waals surface area contributed by atoms with Gasteiger partial charge in [0.15, 0.2) is 6.04 Å². The Kier molecular flexibility index (Phi) is 5.35. The fraction of sp³-hybridized carbons (Fsp3) is 0.500. The molecule has 156 valence electrons. The van der Waals surface area contributed by atoms with E-state index in [4.69, 9.17) is 4.74 Å². The van der Waals surface area contributed by atoms with E-state index in [2.05, 4.69) is 10.00 Å². The van der Waals surface area contributed by atoms with Crippen molar-refractivity contribution in [2.75, 3.05) is 31.1 Å². The minimum atomic E-state index is -4.41. The lowest BCUT2D eigenvalue weighted by Gasteiger charge is -2.38. The third-order valence-electron chi connectivity index (χ3n) is 5.35. The Bertz CT molecular complexity index is 868. The average molecular weight is 408 g/mol. The number of hydrogen-bond donors (Lipinski definition) is 0. The summed E-state index contributed by atoms with van der Waals surface area (Å²) in [5.74, 6) is -0.130. The van der Waals surface area contributed by atoms with Crippen LogP contribution in [0.3, 0.4) is 0 Å². The van der Waals surface area contributed by atoms with Crippen LogP contribution in [0, 0.1) is 6.92 Å². The zero-order chi connectivity index (χ0) is 20.6. The summed E-state index contributed by atoms with van der Waals surface area (Å²) in [4.78, 5) is 16.7. The molecule has 1 fully saturated rings. The van der Waals surface area contributed by atoms with Gasteiger partial charge in [-0.1, -0.05) is 30.3 Å². The lowest BCUT2D eigenvalue weighted by Crippen LogP contribution is -2.53. The Balaban J connectivity index is 1.50. The van der Waals surface area contributed by atoms with Crippen LogP contribution in [0.15, 0.2) is 36.4 Å². The molecule has 1 aromatic carbocycles. The van der Waals surface area contributed by atoms with Gasteiger partial charge in [0.2, 0.25) is 0 Å². The number of ether oxygens (including phenoxy) is 1. The number of halogens is 3. The van der Waals surface area contributed by atoms with Crippen molar-refractivity contribution in [2.45, 2.75) is 38.2 Å². The van der Waals surface area contributed by atoms with Crippen LogP contribution in [0.2, 0.25) is 0 Å². The van der Waals surface area contributed by atoms with Gasteiger partial charge in [-0.2, -0.15) is 18.3 Å². The van der Waals surface area contributed by atoms with Crippen molar-refractivity contribution in [3.05, 3.63) is 47.7 Å². The molecular formula is C20H23F3N4O2. The predicted molar refractivity (Wildman–Crippen MR) is 100 cm³/mol. The molecule has 4 rings (SSSR count). The predicted octanol–water partition coefficient (Wildman–Crippen LogP) is 2.93. The maximum Gasteiger partial charge on any atom is 0.410 e. The van der Waals surface area contributed by atoms with Gasteiger partial charge in [0.05, 0.1) is 12.3 Å². The summed E-state index contributed by atoms with van der Waals surface area (Å²) in [6.45, 7) is 3.82. The van der Waals surface area contributed by atoms with Crippen LogP contribution in [0.5, 0.6) is 0 Å². The van der Waals surface area contributed by atoms with Crippen LogP contribution in [-0.2, 0) is 16.1 Å². The van der Waals surface area contributed by atoms with Gasteiger partial charge in [0.25, 0.3) is 5.91 Å². The van der Waals surface area contributed by atoms with Crippen molar-refractivity contribution in [3.8, 4) is 0 Å². The van der Waals surface area contributed by atoms with Gasteiger partial charge in [0.1, 0.15) is 11.9 Å². The normalized spacial score (nSPS) is 23.1. The SMILES string of the molecule is Cc1cc2n(n1)[C@H](C(F)(F)F)CCN2C(=O)[C@H]1CN(Cc2ccccc2)CCO1. The van der Waals surface area contributed by atoms with Gasteiger partial charge in [-0.3, -0.25) is 14.6 Å². The number of carbonyl (C=O) groups is 1. The highest BCUT2D eigenvalue weighted by molar-refractivity contribution is 5.96. The maximum atomic E-state index is 13.4. The molecule has 0 radical (unpaired) electrons. The Morgan fingerprint density at radius 3 is 2.72 bits per heavy atom. The molecular weight excluding hydrogens is 385 g/mol. The summed E-state index contributed by atoms with van der Waals surface area (Å²) < 4.78 is 46.7. The first-order chi connectivity index (χ1) is 13.8. The summed E-state index contributed by atoms with van der Waals surface area (Å²) in [6, 6.07) is 9.74. The van der Waals surface area contributed by atoms with E-state index in [0.29, 0.717) is 31.9 Å². The summed E-state index contributed by atoms with van der Waals surface area (Å²) in [5.41, 5.74) is 1.59. The van der Waals surface area contributed by atoms with Gasteiger partial charge in [-0.25, -0.2) is 4.68 Å². The summed E-state index contributed by atoms with van der Waals surface area (Å²) in [6.07, 6.45) is -5.33. The van der Waals surface area contributed by atoms with Crippen molar-refractivity contribution in [1.29, 1.82) is 0 Å². The molecule has 6 nitrogen and oxygen atoms in total. The molecule has 2 aromatic rings. The minimum Gasteiger partial charge on any atom is -0.366 e. The highest BCUT2D eigenvalue weighted by Crippen LogP contribution is 2.39. The zero-order valence-electron chi connectivity index (χ0n) is 16.1. The van der Waals surface area contributed by atoms with E-state index in [1.54, 1.807) is 6.92 Å². The van der Waals surface area contributed by atoms with Crippen LogP contribution in [-0.4, -0.2) is 59.1 Å². The molecule has 2 atom stereocenters. The van der Waals surface area contributed by atoms with Gasteiger partial charge in [0, 0.05) is 32.2 Å². The Labute approximate surface area is 166 Å². The second-order valence-electron chi connectivity index (χ2n) is 7.50. The number of anilines is 1. The number of hydrogen-bond acceptors (Lipinski definition) is 4. The number of alkyl halides is 3. The van der Waals surface area contributed by atoms with Gasteiger partial charge >= 0.3 is 6.18 Å². The standard InChI is InChI=1S/C20H23F3N4O2/c1-14-11-18-26(8-7-17(20(21,22)23)27(18)24-14)19(28)16-13-25(9-10-29-16)12-15-5-3-2-4-6-15/h2-6,11,16-17H,7-10,12-13H2,1H3/t16-,17+/m1/s1. The average Bonchev–Trinajstić information content (AvgIpc) is 3.08. The van der Waals surface area contributed by atoms with E-state index in [-0.39, 0.29) is 24.7 Å². The third kappa shape index (κ3) is 4.16. The van der Waals surface area contributed by atoms with E-state index >= 15 is 0 Å². The first-order valence-corrected chi connectivity index (χ1v) is 9.65. The highest BCUT2D eigenvalue weighted by Gasteiger charge is 2.47. The van der Waals surface area contributed by atoms with E-state index in [1.165, 1.54) is 11.0 Å². The Hall–Kier alpha value is -2.39. The molecule has 1 saturated heterocycles. The maximum absolute atomic E-state index is 13.4. The smallest absolute Gasteiger partial charge is 0.366 e. The summed E-state index contributed by atoms with van der Waals surface area (Å²) in [7, 11) is 0. The minimum absolute atomic E-state index is 0.00725. The molecule has 3 heterocycles. The number of nitrogens with zero attached hydrogens (tertiary/aromatic N) is 4. The molecule has 0 unspecified atom stereocenters. The van der Waals surface area contributed by atoms with E-state index < -0.39 is 18.3 Å². The van der Waals surface area contributed by atoms with Crippen LogP contribution in [0.25, 0.3) is 0 Å². The van der Waals surface area contributed by atoms with Crippen molar-refractivity contribution >= 4 is 11.7 Å². The Morgan fingerprint density at radius 1 is 1.24 bits per heavy atom. The Morgan fingerprint density at radius 2 is 2.00 bits per heavy atom. The van der Waals surface area contributed by atoms with Crippen LogP contribution >= 0.6 is 0 Å². The van der Waals surface area contributed by atoms with Crippen molar-refractivity contribution in [2.24, 2.45) is 0 Å². The van der Waals surface area contributed by atoms with Crippen molar-refractivity contribution < 1.29 is 22.7 Å². The number of amides is 1. The lowest BCUT2D eigenvalue weighted by molar-refractivity contribution is -0.173. The molecule has 2 aliphatic rings. The fourth-order valence-corrected chi connectivity index (χ4v) is 3.96. The number of rotatable bonds is 3. The van der Waals surface area contributed by atoms with E-state index in [9.17, 15) is 18.0 Å². The molecule has 29 heavy (non-hydrogen) atoms. The second-order valence-corrected chi connectivity index (χ2v) is 7.50. The third-order valence-corrected chi connectivity index (χ3v) is 5.35. The van der Waals surface area contributed by atoms with Gasteiger partial charge in [-0.05, 0) is 18.9 Å². The number of benzene rings is 1. The van der Waals surface area contributed by atoms with Gasteiger partial charge < -0.3 is 4.74 Å². The number of morpholine rings is 1. The van der Waals surface area contributed by atoms with E-state index in [0.717, 1.165) is 10.2 Å². The molecule has 1 amide bonds. The second kappa shape index (κ2) is 7.79. The molecule has 0 saturated carbocycles. The zero-order valence-corrected chi connectivity index (χ0v) is 16.1. The molecule has 0 spiro atoms. The fourth-order valence-electron chi connectivity index (χ4n) is 3.96. The topological polar surface area (TPSA) is 50.6 Å². The largest absolute Gasteiger partial charge is 0.410 e. The van der Waals surface area contributed by atoms with Crippen LogP contribution < -0.4 is 4.90 Å². The summed E-state index contributed by atoms with van der Waals surface area (Å²) >= 11 is 0. The molecule has 0 aliphatic carbocycles. The molecule has 0 bridgehead atoms. The number of carbonyl (C=O) groups excluding carboxylic acids is 1. The molecule has 0 N–H and O–H groups in total. The van der Waals surface area contributed by atoms with Crippen LogP contribution in [0.1, 0.15) is 23.7 Å². The van der Waals surface area contributed by atoms with Crippen molar-refractivity contribution in [3.63, 3.8) is 0 Å². The number of aryl methyl sites for hydroxylation is 1.